The van der Waals surface area contributed by atoms with Crippen LogP contribution in [0.1, 0.15) is 24.2 Å². The summed E-state index contributed by atoms with van der Waals surface area (Å²) < 4.78 is 5.38. The first-order valence-corrected chi connectivity index (χ1v) is 5.00. The molecule has 0 bridgehead atoms. The van der Waals surface area contributed by atoms with E-state index >= 15 is 0 Å². The number of aliphatic hydroxyl groups is 1. The maximum Gasteiger partial charge on any atom is 0.210 e. The van der Waals surface area contributed by atoms with Gasteiger partial charge in [0.25, 0.3) is 0 Å². The molecule has 0 amide bonds. The molecule has 1 heterocycles. The van der Waals surface area contributed by atoms with Gasteiger partial charge in [-0.3, -0.25) is 4.79 Å². The number of hydrogen-bond acceptors (Lipinski definition) is 3. The zero-order chi connectivity index (χ0) is 11.2. The van der Waals surface area contributed by atoms with Gasteiger partial charge in [-0.2, -0.15) is 0 Å². The Morgan fingerprint density at radius 3 is 2.73 bits per heavy atom. The van der Waals surface area contributed by atoms with E-state index < -0.39 is 11.7 Å². The topological polar surface area (TPSA) is 46.5 Å². The van der Waals surface area contributed by atoms with Gasteiger partial charge in [-0.25, -0.2) is 0 Å². The number of benzene rings is 1. The van der Waals surface area contributed by atoms with Crippen LogP contribution in [0.15, 0.2) is 18.2 Å². The molecular formula is C11H11ClO3. The minimum atomic E-state index is -1.19. The third-order valence-electron chi connectivity index (χ3n) is 2.33. The molecule has 0 saturated heterocycles. The minimum absolute atomic E-state index is 0.200. The molecule has 0 aromatic heterocycles. The van der Waals surface area contributed by atoms with Crippen molar-refractivity contribution in [3.05, 3.63) is 28.8 Å². The van der Waals surface area contributed by atoms with Crippen molar-refractivity contribution in [2.45, 2.75) is 25.6 Å². The maximum absolute atomic E-state index is 11.8. The Kier molecular flexibility index (Phi) is 2.24. The summed E-state index contributed by atoms with van der Waals surface area (Å²) in [6, 6.07) is 4.83. The average molecular weight is 227 g/mol. The molecule has 0 aliphatic carbocycles. The fraction of sp³-hybridized carbons (Fsp3) is 0.364. The van der Waals surface area contributed by atoms with Crippen molar-refractivity contribution >= 4 is 17.4 Å². The number of carbonyl (C=O) groups excluding carboxylic acids is 1. The van der Waals surface area contributed by atoms with Crippen LogP contribution in [0.4, 0.5) is 0 Å². The zero-order valence-corrected chi connectivity index (χ0v) is 9.21. The summed E-state index contributed by atoms with van der Waals surface area (Å²) in [6.07, 6.45) is -0.842. The molecule has 1 N–H and O–H groups in total. The van der Waals surface area contributed by atoms with Crippen molar-refractivity contribution in [1.29, 1.82) is 0 Å². The van der Waals surface area contributed by atoms with Crippen molar-refractivity contribution in [2.75, 3.05) is 0 Å². The van der Waals surface area contributed by atoms with E-state index in [1.807, 2.05) is 0 Å². The Balaban J connectivity index is 2.42. The predicted molar refractivity (Wildman–Crippen MR) is 56.5 cm³/mol. The molecule has 0 fully saturated rings. The summed E-state index contributed by atoms with van der Waals surface area (Å²) in [5.74, 6) is 0.244. The van der Waals surface area contributed by atoms with Gasteiger partial charge in [-0.05, 0) is 32.0 Å². The molecule has 1 unspecified atom stereocenters. The maximum atomic E-state index is 11.8. The monoisotopic (exact) mass is 226 g/mol. The van der Waals surface area contributed by atoms with Crippen molar-refractivity contribution in [3.8, 4) is 5.75 Å². The lowest BCUT2D eigenvalue weighted by molar-refractivity contribution is -0.0139. The van der Waals surface area contributed by atoms with Crippen LogP contribution in [-0.4, -0.2) is 22.6 Å². The quantitative estimate of drug-likeness (QED) is 0.797. The molecule has 4 heteroatoms. The second-order valence-corrected chi connectivity index (χ2v) is 4.59. The molecule has 1 atom stereocenters. The highest BCUT2D eigenvalue weighted by Crippen LogP contribution is 2.34. The van der Waals surface area contributed by atoms with Gasteiger partial charge in [-0.15, -0.1) is 0 Å². The number of rotatable bonds is 1. The molecule has 3 nitrogen and oxygen atoms in total. The molecule has 1 aliphatic rings. The van der Waals surface area contributed by atoms with E-state index in [1.54, 1.807) is 32.0 Å². The molecular weight excluding hydrogens is 216 g/mol. The van der Waals surface area contributed by atoms with Crippen LogP contribution in [0.2, 0.25) is 5.02 Å². The first kappa shape index (κ1) is 10.5. The van der Waals surface area contributed by atoms with Gasteiger partial charge in [0.15, 0.2) is 6.10 Å². The van der Waals surface area contributed by atoms with Crippen LogP contribution in [-0.2, 0) is 0 Å². The van der Waals surface area contributed by atoms with E-state index in [4.69, 9.17) is 16.3 Å². The Labute approximate surface area is 92.6 Å². The van der Waals surface area contributed by atoms with Gasteiger partial charge in [0, 0.05) is 5.02 Å². The number of hydrogen-bond donors (Lipinski definition) is 1. The first-order chi connectivity index (χ1) is 6.89. The van der Waals surface area contributed by atoms with Crippen molar-refractivity contribution in [1.82, 2.24) is 0 Å². The summed E-state index contributed by atoms with van der Waals surface area (Å²) in [5.41, 5.74) is -0.714. The molecule has 1 aliphatic heterocycles. The van der Waals surface area contributed by atoms with Crippen LogP contribution in [0, 0.1) is 0 Å². The smallest absolute Gasteiger partial charge is 0.210 e. The molecule has 0 spiro atoms. The highest BCUT2D eigenvalue weighted by molar-refractivity contribution is 6.31. The third kappa shape index (κ3) is 1.73. The first-order valence-electron chi connectivity index (χ1n) is 4.62. The minimum Gasteiger partial charge on any atom is -0.478 e. The van der Waals surface area contributed by atoms with Crippen molar-refractivity contribution < 1.29 is 14.6 Å². The number of ether oxygens (including phenoxy) is 1. The number of halogens is 1. The van der Waals surface area contributed by atoms with E-state index in [9.17, 15) is 9.90 Å². The van der Waals surface area contributed by atoms with E-state index in [-0.39, 0.29) is 5.78 Å². The normalized spacial score (nSPS) is 20.0. The fourth-order valence-electron chi connectivity index (χ4n) is 1.58. The van der Waals surface area contributed by atoms with Gasteiger partial charge in [0.1, 0.15) is 11.4 Å². The van der Waals surface area contributed by atoms with E-state index in [2.05, 4.69) is 0 Å². The van der Waals surface area contributed by atoms with Gasteiger partial charge in [0.05, 0.1) is 5.56 Å². The lowest BCUT2D eigenvalue weighted by Crippen LogP contribution is -2.43. The molecule has 80 valence electrons. The van der Waals surface area contributed by atoms with Gasteiger partial charge in [-0.1, -0.05) is 11.6 Å². The van der Waals surface area contributed by atoms with E-state index in [0.29, 0.717) is 16.3 Å². The molecule has 15 heavy (non-hydrogen) atoms. The van der Waals surface area contributed by atoms with Crippen LogP contribution < -0.4 is 4.74 Å². The summed E-state index contributed by atoms with van der Waals surface area (Å²) in [4.78, 5) is 11.8. The SMILES string of the molecule is CC(C)(O)C1Oc2cc(Cl)ccc2C1=O. The third-order valence-corrected chi connectivity index (χ3v) is 2.57. The molecule has 1 aromatic rings. The van der Waals surface area contributed by atoms with Gasteiger partial charge < -0.3 is 9.84 Å². The number of fused-ring (bicyclic) bond motifs is 1. The Morgan fingerprint density at radius 1 is 1.47 bits per heavy atom. The van der Waals surface area contributed by atoms with Crippen LogP contribution >= 0.6 is 11.6 Å². The van der Waals surface area contributed by atoms with Gasteiger partial charge in [0.2, 0.25) is 5.78 Å². The lowest BCUT2D eigenvalue weighted by atomic mass is 9.96. The summed E-state index contributed by atoms with van der Waals surface area (Å²) in [5, 5.41) is 10.3. The number of ketones is 1. The fourth-order valence-corrected chi connectivity index (χ4v) is 1.75. The average Bonchev–Trinajstić information content (AvgIpc) is 2.42. The van der Waals surface area contributed by atoms with E-state index in [0.717, 1.165) is 0 Å². The van der Waals surface area contributed by atoms with Crippen LogP contribution in [0.3, 0.4) is 0 Å². The zero-order valence-electron chi connectivity index (χ0n) is 8.45. The Morgan fingerprint density at radius 2 is 2.13 bits per heavy atom. The van der Waals surface area contributed by atoms with Crippen molar-refractivity contribution in [3.63, 3.8) is 0 Å². The largest absolute Gasteiger partial charge is 0.478 e. The standard InChI is InChI=1S/C11H11ClO3/c1-11(2,14)10-9(13)7-4-3-6(12)5-8(7)15-10/h3-5,10,14H,1-2H3. The second kappa shape index (κ2) is 3.22. The van der Waals surface area contributed by atoms with Crippen LogP contribution in [0.25, 0.3) is 0 Å². The second-order valence-electron chi connectivity index (χ2n) is 4.16. The summed E-state index contributed by atoms with van der Waals surface area (Å²) in [7, 11) is 0. The predicted octanol–water partition coefficient (Wildman–Crippen LogP) is 2.05. The summed E-state index contributed by atoms with van der Waals surface area (Å²) >= 11 is 5.78. The Bertz CT molecular complexity index is 420. The highest BCUT2D eigenvalue weighted by Gasteiger charge is 2.42. The van der Waals surface area contributed by atoms with Gasteiger partial charge >= 0.3 is 0 Å². The number of carbonyl (C=O) groups is 1. The lowest BCUT2D eigenvalue weighted by Gasteiger charge is -2.23. The molecule has 0 radical (unpaired) electrons. The molecule has 0 saturated carbocycles. The van der Waals surface area contributed by atoms with E-state index in [1.165, 1.54) is 0 Å². The molecule has 2 rings (SSSR count). The Hall–Kier alpha value is -1.06. The van der Waals surface area contributed by atoms with Crippen molar-refractivity contribution in [2.24, 2.45) is 0 Å². The number of Topliss-reactive ketones (excluding diaryl/α,β-unsaturated/α-hetero) is 1. The highest BCUT2D eigenvalue weighted by atomic mass is 35.5. The van der Waals surface area contributed by atoms with Crippen LogP contribution in [0.5, 0.6) is 5.75 Å². The molecule has 1 aromatic carbocycles. The summed E-state index contributed by atoms with van der Waals surface area (Å²) in [6.45, 7) is 3.09.